The Bertz CT molecular complexity index is 515. The van der Waals surface area contributed by atoms with Gasteiger partial charge in [-0.2, -0.15) is 5.10 Å². The summed E-state index contributed by atoms with van der Waals surface area (Å²) >= 11 is 0. The van der Waals surface area contributed by atoms with Crippen molar-refractivity contribution in [2.75, 3.05) is 14.2 Å². The van der Waals surface area contributed by atoms with Crippen molar-refractivity contribution in [1.29, 1.82) is 0 Å². The van der Waals surface area contributed by atoms with Crippen LogP contribution in [0.3, 0.4) is 0 Å². The highest BCUT2D eigenvalue weighted by Gasteiger charge is 2.09. The third-order valence-corrected chi connectivity index (χ3v) is 3.06. The van der Waals surface area contributed by atoms with Gasteiger partial charge in [-0.25, -0.2) is 0 Å². The number of methoxy groups -OCH3 is 2. The maximum atomic E-state index is 5.36. The van der Waals surface area contributed by atoms with Crippen molar-refractivity contribution in [2.24, 2.45) is 7.05 Å². The number of hydrogen-bond donors (Lipinski definition) is 1. The fraction of sp³-hybridized carbons (Fsp3) is 0.357. The molecule has 1 aromatic heterocycles. The van der Waals surface area contributed by atoms with Crippen molar-refractivity contribution in [2.45, 2.75) is 13.1 Å². The number of hydrogen-bond acceptors (Lipinski definition) is 4. The number of nitrogens with zero attached hydrogens (tertiary/aromatic N) is 2. The van der Waals surface area contributed by atoms with Crippen molar-refractivity contribution >= 4 is 0 Å². The van der Waals surface area contributed by atoms with E-state index in [2.05, 4.69) is 10.4 Å². The summed E-state index contributed by atoms with van der Waals surface area (Å²) in [6.45, 7) is 1.43. The molecule has 0 amide bonds. The average Bonchev–Trinajstić information content (AvgIpc) is 2.84. The molecule has 1 N–H and O–H groups in total. The Balaban J connectivity index is 2.04. The van der Waals surface area contributed by atoms with Gasteiger partial charge >= 0.3 is 0 Å². The van der Waals surface area contributed by atoms with Gasteiger partial charge in [-0.05, 0) is 18.2 Å². The van der Waals surface area contributed by atoms with E-state index in [4.69, 9.17) is 9.47 Å². The van der Waals surface area contributed by atoms with E-state index in [-0.39, 0.29) is 0 Å². The third-order valence-electron chi connectivity index (χ3n) is 3.06. The fourth-order valence-corrected chi connectivity index (χ4v) is 1.99. The molecule has 0 atom stereocenters. The van der Waals surface area contributed by atoms with Gasteiger partial charge in [0.15, 0.2) is 0 Å². The Morgan fingerprint density at radius 3 is 2.32 bits per heavy atom. The lowest BCUT2D eigenvalue weighted by molar-refractivity contribution is 0.382. The van der Waals surface area contributed by atoms with Gasteiger partial charge in [0.1, 0.15) is 11.5 Å². The predicted molar refractivity (Wildman–Crippen MR) is 73.3 cm³/mol. The van der Waals surface area contributed by atoms with E-state index in [1.54, 1.807) is 20.4 Å². The van der Waals surface area contributed by atoms with E-state index in [9.17, 15) is 0 Å². The first-order valence-electron chi connectivity index (χ1n) is 6.13. The Kier molecular flexibility index (Phi) is 4.41. The van der Waals surface area contributed by atoms with Crippen molar-refractivity contribution in [3.63, 3.8) is 0 Å². The molecule has 5 nitrogen and oxygen atoms in total. The molecule has 0 unspecified atom stereocenters. The van der Waals surface area contributed by atoms with E-state index >= 15 is 0 Å². The lowest BCUT2D eigenvalue weighted by atomic mass is 10.1. The largest absolute Gasteiger partial charge is 0.496 e. The van der Waals surface area contributed by atoms with Gasteiger partial charge in [-0.3, -0.25) is 4.68 Å². The van der Waals surface area contributed by atoms with Crippen LogP contribution in [-0.2, 0) is 20.1 Å². The highest BCUT2D eigenvalue weighted by Crippen LogP contribution is 2.27. The van der Waals surface area contributed by atoms with Gasteiger partial charge < -0.3 is 14.8 Å². The lowest BCUT2D eigenvalue weighted by Crippen LogP contribution is -2.16. The summed E-state index contributed by atoms with van der Waals surface area (Å²) in [7, 11) is 5.26. The molecule has 0 saturated carbocycles. The van der Waals surface area contributed by atoms with Crippen LogP contribution < -0.4 is 14.8 Å². The van der Waals surface area contributed by atoms with Crippen molar-refractivity contribution in [1.82, 2.24) is 15.1 Å². The van der Waals surface area contributed by atoms with Crippen LogP contribution in [0.25, 0.3) is 0 Å². The number of aryl methyl sites for hydroxylation is 1. The van der Waals surface area contributed by atoms with E-state index in [0.29, 0.717) is 6.54 Å². The van der Waals surface area contributed by atoms with Gasteiger partial charge in [0.25, 0.3) is 0 Å². The second-order valence-corrected chi connectivity index (χ2v) is 4.19. The first-order chi connectivity index (χ1) is 9.26. The molecule has 0 saturated heterocycles. The van der Waals surface area contributed by atoms with Gasteiger partial charge in [0, 0.05) is 31.9 Å². The molecule has 102 valence electrons. The highest BCUT2D eigenvalue weighted by atomic mass is 16.5. The SMILES string of the molecule is COc1cccc(OC)c1CNCc1ccnn1C. The highest BCUT2D eigenvalue weighted by molar-refractivity contribution is 5.44. The van der Waals surface area contributed by atoms with E-state index in [0.717, 1.165) is 29.3 Å². The molecule has 0 radical (unpaired) electrons. The van der Waals surface area contributed by atoms with Gasteiger partial charge in [-0.15, -0.1) is 0 Å². The quantitative estimate of drug-likeness (QED) is 0.860. The molecular formula is C14H19N3O2. The van der Waals surface area contributed by atoms with E-state index in [1.165, 1.54) is 0 Å². The molecule has 0 aliphatic rings. The second kappa shape index (κ2) is 6.24. The van der Waals surface area contributed by atoms with Crippen LogP contribution in [0.15, 0.2) is 30.5 Å². The number of nitrogens with one attached hydrogen (secondary N) is 1. The first-order valence-corrected chi connectivity index (χ1v) is 6.13. The standard InChI is InChI=1S/C14H19N3O2/c1-17-11(7-8-16-17)9-15-10-12-13(18-2)5-4-6-14(12)19-3/h4-8,15H,9-10H2,1-3H3. The number of aromatic nitrogens is 2. The predicted octanol–water partition coefficient (Wildman–Crippen LogP) is 1.73. The van der Waals surface area contributed by atoms with Crippen LogP contribution in [0.2, 0.25) is 0 Å². The van der Waals surface area contributed by atoms with Gasteiger partial charge in [0.2, 0.25) is 0 Å². The summed E-state index contributed by atoms with van der Waals surface area (Å²) in [5.74, 6) is 1.66. The molecule has 0 spiro atoms. The Morgan fingerprint density at radius 2 is 1.79 bits per heavy atom. The minimum absolute atomic E-state index is 0.679. The van der Waals surface area contributed by atoms with Gasteiger partial charge in [-0.1, -0.05) is 6.07 Å². The Hall–Kier alpha value is -2.01. The molecular weight excluding hydrogens is 242 g/mol. The minimum Gasteiger partial charge on any atom is -0.496 e. The van der Waals surface area contributed by atoms with Crippen LogP contribution >= 0.6 is 0 Å². The summed E-state index contributed by atoms with van der Waals surface area (Å²) in [6, 6.07) is 7.78. The van der Waals surface area contributed by atoms with Crippen molar-refractivity contribution < 1.29 is 9.47 Å². The molecule has 1 aromatic carbocycles. The third kappa shape index (κ3) is 3.06. The lowest BCUT2D eigenvalue weighted by Gasteiger charge is -2.13. The summed E-state index contributed by atoms with van der Waals surface area (Å²) in [5.41, 5.74) is 2.16. The van der Waals surface area contributed by atoms with E-state index in [1.807, 2.05) is 36.0 Å². The zero-order valence-electron chi connectivity index (χ0n) is 11.5. The van der Waals surface area contributed by atoms with Crippen LogP contribution in [0.1, 0.15) is 11.3 Å². The topological polar surface area (TPSA) is 48.3 Å². The molecule has 2 rings (SSSR count). The molecule has 19 heavy (non-hydrogen) atoms. The smallest absolute Gasteiger partial charge is 0.127 e. The maximum Gasteiger partial charge on any atom is 0.127 e. The molecule has 0 fully saturated rings. The molecule has 5 heteroatoms. The summed E-state index contributed by atoms with van der Waals surface area (Å²) in [4.78, 5) is 0. The number of benzene rings is 1. The van der Waals surface area contributed by atoms with Gasteiger partial charge in [0.05, 0.1) is 19.9 Å². The van der Waals surface area contributed by atoms with Crippen LogP contribution in [-0.4, -0.2) is 24.0 Å². The number of ether oxygens (including phenoxy) is 2. The Morgan fingerprint density at radius 1 is 1.11 bits per heavy atom. The van der Waals surface area contributed by atoms with E-state index < -0.39 is 0 Å². The Labute approximate surface area is 113 Å². The van der Waals surface area contributed by atoms with Crippen LogP contribution in [0.5, 0.6) is 11.5 Å². The fourth-order valence-electron chi connectivity index (χ4n) is 1.99. The first kappa shape index (κ1) is 13.4. The summed E-state index contributed by atoms with van der Waals surface area (Å²) in [6.07, 6.45) is 1.79. The molecule has 0 aliphatic carbocycles. The minimum atomic E-state index is 0.679. The molecule has 0 bridgehead atoms. The molecule has 1 heterocycles. The van der Waals surface area contributed by atoms with Crippen molar-refractivity contribution in [3.05, 3.63) is 41.7 Å². The molecule has 2 aromatic rings. The van der Waals surface area contributed by atoms with Crippen molar-refractivity contribution in [3.8, 4) is 11.5 Å². The molecule has 0 aliphatic heterocycles. The second-order valence-electron chi connectivity index (χ2n) is 4.19. The normalized spacial score (nSPS) is 10.5. The summed E-state index contributed by atoms with van der Waals surface area (Å²) in [5, 5.41) is 7.51. The zero-order valence-corrected chi connectivity index (χ0v) is 11.5. The van der Waals surface area contributed by atoms with Crippen LogP contribution in [0.4, 0.5) is 0 Å². The number of rotatable bonds is 6. The monoisotopic (exact) mass is 261 g/mol. The average molecular weight is 261 g/mol. The maximum absolute atomic E-state index is 5.36. The zero-order chi connectivity index (χ0) is 13.7. The summed E-state index contributed by atoms with van der Waals surface area (Å²) < 4.78 is 12.6. The van der Waals surface area contributed by atoms with Crippen LogP contribution in [0, 0.1) is 0 Å².